The van der Waals surface area contributed by atoms with Gasteiger partial charge in [0.2, 0.25) is 0 Å². The molecule has 2 aromatic carbocycles. The topological polar surface area (TPSA) is 82.2 Å². The first kappa shape index (κ1) is 18.5. The SMILES string of the molecule is CN1CC[C@H](CN2C(=O)C(C)(c3cccc(-c4cccc(O)c4)c3)N=C2N)C1. The van der Waals surface area contributed by atoms with Crippen molar-refractivity contribution in [3.63, 3.8) is 0 Å². The van der Waals surface area contributed by atoms with Crippen LogP contribution >= 0.6 is 0 Å². The monoisotopic (exact) mass is 378 g/mol. The van der Waals surface area contributed by atoms with E-state index in [1.165, 1.54) is 0 Å². The summed E-state index contributed by atoms with van der Waals surface area (Å²) in [5, 5.41) is 9.77. The minimum atomic E-state index is -1.03. The number of carbonyl (C=O) groups is 1. The van der Waals surface area contributed by atoms with E-state index in [0.29, 0.717) is 18.4 Å². The van der Waals surface area contributed by atoms with Gasteiger partial charge in [-0.1, -0.05) is 30.3 Å². The van der Waals surface area contributed by atoms with Crippen molar-refractivity contribution in [2.24, 2.45) is 16.6 Å². The van der Waals surface area contributed by atoms with E-state index in [4.69, 9.17) is 5.73 Å². The number of carbonyl (C=O) groups excluding carboxylic acids is 1. The first-order chi connectivity index (χ1) is 13.4. The van der Waals surface area contributed by atoms with Gasteiger partial charge in [0.15, 0.2) is 11.5 Å². The molecule has 2 aliphatic rings. The Bertz CT molecular complexity index is 942. The van der Waals surface area contributed by atoms with Gasteiger partial charge in [-0.2, -0.15) is 0 Å². The second kappa shape index (κ2) is 6.95. The summed E-state index contributed by atoms with van der Waals surface area (Å²) in [6.45, 7) is 4.46. The van der Waals surface area contributed by atoms with Gasteiger partial charge < -0.3 is 15.7 Å². The number of hydrogen-bond donors (Lipinski definition) is 2. The van der Waals surface area contributed by atoms with Gasteiger partial charge in [0, 0.05) is 13.1 Å². The first-order valence-electron chi connectivity index (χ1n) is 9.62. The molecule has 6 heteroatoms. The maximum absolute atomic E-state index is 13.3. The van der Waals surface area contributed by atoms with Crippen LogP contribution in [0.4, 0.5) is 0 Å². The third-order valence-corrected chi connectivity index (χ3v) is 5.81. The molecule has 1 amide bonds. The molecule has 6 nitrogen and oxygen atoms in total. The molecule has 1 fully saturated rings. The molecule has 3 N–H and O–H groups in total. The van der Waals surface area contributed by atoms with Gasteiger partial charge in [-0.25, -0.2) is 4.99 Å². The van der Waals surface area contributed by atoms with Crippen molar-refractivity contribution in [1.29, 1.82) is 0 Å². The fourth-order valence-electron chi connectivity index (χ4n) is 4.19. The Hall–Kier alpha value is -2.86. The van der Waals surface area contributed by atoms with E-state index in [1.54, 1.807) is 23.1 Å². The summed E-state index contributed by atoms with van der Waals surface area (Å²) in [4.78, 5) is 21.8. The van der Waals surface area contributed by atoms with Crippen LogP contribution < -0.4 is 5.73 Å². The summed E-state index contributed by atoms with van der Waals surface area (Å²) in [6, 6.07) is 14.8. The highest BCUT2D eigenvalue weighted by Crippen LogP contribution is 2.35. The number of rotatable bonds is 4. The average molecular weight is 378 g/mol. The number of nitrogens with zero attached hydrogens (tertiary/aromatic N) is 3. The van der Waals surface area contributed by atoms with E-state index >= 15 is 0 Å². The standard InChI is InChI=1S/C22H26N4O2/c1-22(18-7-3-5-16(11-18)17-6-4-8-19(27)12-17)20(28)26(21(23)24-22)14-15-9-10-25(2)13-15/h3-8,11-12,15,27H,9-10,13-14H2,1-2H3,(H2,23,24)/t15-,22?/m0/s1. The molecule has 2 aliphatic heterocycles. The van der Waals surface area contributed by atoms with Crippen LogP contribution in [-0.2, 0) is 10.3 Å². The lowest BCUT2D eigenvalue weighted by Crippen LogP contribution is -2.44. The highest BCUT2D eigenvalue weighted by Gasteiger charge is 2.46. The van der Waals surface area contributed by atoms with Crippen LogP contribution in [0.2, 0.25) is 0 Å². The zero-order chi connectivity index (χ0) is 19.9. The summed E-state index contributed by atoms with van der Waals surface area (Å²) >= 11 is 0. The third-order valence-electron chi connectivity index (χ3n) is 5.81. The smallest absolute Gasteiger partial charge is 0.261 e. The molecular weight excluding hydrogens is 352 g/mol. The summed E-state index contributed by atoms with van der Waals surface area (Å²) in [5.41, 5.74) is 7.76. The molecule has 0 bridgehead atoms. The fraction of sp³-hybridized carbons (Fsp3) is 0.364. The number of likely N-dealkylation sites (tertiary alicyclic amines) is 1. The number of hydrogen-bond acceptors (Lipinski definition) is 5. The molecule has 1 saturated heterocycles. The summed E-state index contributed by atoms with van der Waals surface area (Å²) < 4.78 is 0. The van der Waals surface area contributed by atoms with Crippen LogP contribution in [0.5, 0.6) is 5.75 Å². The Morgan fingerprint density at radius 1 is 1.21 bits per heavy atom. The number of benzene rings is 2. The number of nitrogens with two attached hydrogens (primary N) is 1. The van der Waals surface area contributed by atoms with E-state index in [1.807, 2.05) is 37.3 Å². The highest BCUT2D eigenvalue weighted by molar-refractivity contribution is 6.07. The summed E-state index contributed by atoms with van der Waals surface area (Å²) in [5.74, 6) is 0.849. The van der Waals surface area contributed by atoms with E-state index in [0.717, 1.165) is 36.2 Å². The minimum Gasteiger partial charge on any atom is -0.508 e. The van der Waals surface area contributed by atoms with Crippen molar-refractivity contribution in [2.45, 2.75) is 18.9 Å². The predicted octanol–water partition coefficient (Wildman–Crippen LogP) is 2.38. The maximum atomic E-state index is 13.3. The Morgan fingerprint density at radius 2 is 1.93 bits per heavy atom. The van der Waals surface area contributed by atoms with E-state index in [9.17, 15) is 9.90 Å². The number of aromatic hydroxyl groups is 1. The first-order valence-corrected chi connectivity index (χ1v) is 9.62. The van der Waals surface area contributed by atoms with Crippen LogP contribution in [0.15, 0.2) is 53.5 Å². The number of aliphatic imine (C=N–C) groups is 1. The third kappa shape index (κ3) is 3.24. The molecule has 146 valence electrons. The molecule has 2 heterocycles. The molecule has 0 radical (unpaired) electrons. The van der Waals surface area contributed by atoms with Gasteiger partial charge in [0.1, 0.15) is 5.75 Å². The summed E-state index contributed by atoms with van der Waals surface area (Å²) in [7, 11) is 2.10. The van der Waals surface area contributed by atoms with E-state index in [2.05, 4.69) is 16.9 Å². The van der Waals surface area contributed by atoms with Crippen LogP contribution in [0.25, 0.3) is 11.1 Å². The molecule has 1 unspecified atom stereocenters. The molecule has 28 heavy (non-hydrogen) atoms. The fourth-order valence-corrected chi connectivity index (χ4v) is 4.19. The van der Waals surface area contributed by atoms with Gasteiger partial charge in [-0.3, -0.25) is 9.69 Å². The van der Waals surface area contributed by atoms with E-state index in [-0.39, 0.29) is 11.7 Å². The molecule has 0 aliphatic carbocycles. The molecule has 2 aromatic rings. The van der Waals surface area contributed by atoms with Crippen molar-refractivity contribution < 1.29 is 9.90 Å². The van der Waals surface area contributed by atoms with Gasteiger partial charge in [-0.05, 0) is 67.7 Å². The zero-order valence-corrected chi connectivity index (χ0v) is 16.3. The largest absolute Gasteiger partial charge is 0.508 e. The van der Waals surface area contributed by atoms with Crippen LogP contribution in [0.3, 0.4) is 0 Å². The van der Waals surface area contributed by atoms with Gasteiger partial charge >= 0.3 is 0 Å². The van der Waals surface area contributed by atoms with Gasteiger partial charge in [0.05, 0.1) is 0 Å². The lowest BCUT2D eigenvalue weighted by Gasteiger charge is -2.25. The Balaban J connectivity index is 1.62. The summed E-state index contributed by atoms with van der Waals surface area (Å²) in [6.07, 6.45) is 1.07. The van der Waals surface area contributed by atoms with Gasteiger partial charge in [0.25, 0.3) is 5.91 Å². The second-order valence-electron chi connectivity index (χ2n) is 8.01. The van der Waals surface area contributed by atoms with Crippen LogP contribution in [0, 0.1) is 5.92 Å². The molecule has 4 rings (SSSR count). The average Bonchev–Trinajstić information content (AvgIpc) is 3.18. The Kier molecular flexibility index (Phi) is 4.59. The van der Waals surface area contributed by atoms with Crippen LogP contribution in [-0.4, -0.2) is 53.5 Å². The van der Waals surface area contributed by atoms with Crippen molar-refractivity contribution >= 4 is 11.9 Å². The van der Waals surface area contributed by atoms with Crippen LogP contribution in [0.1, 0.15) is 18.9 Å². The van der Waals surface area contributed by atoms with Gasteiger partial charge in [-0.15, -0.1) is 0 Å². The number of phenols is 1. The Morgan fingerprint density at radius 3 is 2.61 bits per heavy atom. The van der Waals surface area contributed by atoms with Crippen molar-refractivity contribution in [2.75, 3.05) is 26.7 Å². The maximum Gasteiger partial charge on any atom is 0.261 e. The lowest BCUT2D eigenvalue weighted by molar-refractivity contribution is -0.131. The zero-order valence-electron chi connectivity index (χ0n) is 16.3. The second-order valence-corrected chi connectivity index (χ2v) is 8.01. The lowest BCUT2D eigenvalue weighted by atomic mass is 9.89. The number of phenolic OH excluding ortho intramolecular Hbond substituents is 1. The van der Waals surface area contributed by atoms with Crippen molar-refractivity contribution in [1.82, 2.24) is 9.80 Å². The minimum absolute atomic E-state index is 0.0763. The highest BCUT2D eigenvalue weighted by atomic mass is 16.3. The molecule has 0 spiro atoms. The van der Waals surface area contributed by atoms with E-state index < -0.39 is 5.54 Å². The number of guanidine groups is 1. The molecule has 0 aromatic heterocycles. The van der Waals surface area contributed by atoms with Crippen molar-refractivity contribution in [3.8, 4) is 16.9 Å². The predicted molar refractivity (Wildman–Crippen MR) is 110 cm³/mol. The number of amides is 1. The molecule has 0 saturated carbocycles. The molecule has 2 atom stereocenters. The normalized spacial score (nSPS) is 25.4. The molecular formula is C22H26N4O2. The quantitative estimate of drug-likeness (QED) is 0.856. The Labute approximate surface area is 165 Å². The van der Waals surface area contributed by atoms with Crippen molar-refractivity contribution in [3.05, 3.63) is 54.1 Å².